The Kier molecular flexibility index (Phi) is 28.9. The van der Waals surface area contributed by atoms with Gasteiger partial charge >= 0.3 is 4.28 Å². The Morgan fingerprint density at radius 2 is 0.679 bits per heavy atom. The maximum Gasteiger partial charge on any atom is 1.00 e. The number of aromatic hydroxyl groups is 4. The number of nitro benzene ring substituents is 2. The summed E-state index contributed by atoms with van der Waals surface area (Å²) in [4.78, 5) is 19.3. The maximum absolute atomic E-state index is 11.7. The van der Waals surface area contributed by atoms with Crippen LogP contribution >= 0.6 is 0 Å². The number of non-ortho nitro benzene ring substituents is 2. The number of aliphatic hydroxyl groups excluding tert-OH is 6. The molecule has 0 amide bonds. The molecule has 84 heavy (non-hydrogen) atoms. The molecule has 0 bridgehead atoms. The quantitative estimate of drug-likeness (QED) is 0.0137. The normalized spacial score (nSPS) is 11.2. The van der Waals surface area contributed by atoms with Gasteiger partial charge in [0.15, 0.2) is 0 Å². The number of azo groups is 2. The largest absolute Gasteiger partial charge is 1.00 e. The van der Waals surface area contributed by atoms with Crippen LogP contribution in [0.2, 0.25) is 0 Å². The van der Waals surface area contributed by atoms with Crippen molar-refractivity contribution in [2.45, 2.75) is 9.79 Å². The van der Waals surface area contributed by atoms with Crippen molar-refractivity contribution in [2.75, 3.05) is 78.9 Å². The Bertz CT molecular complexity index is 3560. The van der Waals surface area contributed by atoms with Gasteiger partial charge < -0.3 is 67.0 Å². The molecule has 8 aromatic carbocycles. The zero-order valence-corrected chi connectivity index (χ0v) is 46.7. The van der Waals surface area contributed by atoms with Gasteiger partial charge in [0.25, 0.3) is 31.6 Å². The molecule has 8 aromatic rings. The van der Waals surface area contributed by atoms with E-state index in [-0.39, 0.29) is 116 Å². The van der Waals surface area contributed by atoms with E-state index in [1.165, 1.54) is 24.3 Å². The molecule has 0 aliphatic heterocycles. The van der Waals surface area contributed by atoms with Crippen molar-refractivity contribution in [1.29, 1.82) is 0 Å². The second-order valence-corrected chi connectivity index (χ2v) is 19.5. The number of nitrogens with one attached hydrogen (secondary N) is 3. The first-order chi connectivity index (χ1) is 39.6. The minimum Gasteiger partial charge on any atom is -0.506 e. The number of hydrogen-bond donors (Lipinski definition) is 15. The van der Waals surface area contributed by atoms with Crippen molar-refractivity contribution in [2.24, 2.45) is 20.5 Å². The molecular formula is C52H62CoN9O20S2+3. The average molecular weight is 1260 g/mol. The molecule has 0 heterocycles. The number of benzene rings is 8. The van der Waals surface area contributed by atoms with E-state index in [0.717, 1.165) is 47.2 Å². The monoisotopic (exact) mass is 1260 g/mol. The van der Waals surface area contributed by atoms with E-state index < -0.39 is 62.7 Å². The molecule has 453 valence electrons. The van der Waals surface area contributed by atoms with E-state index >= 15 is 0 Å². The van der Waals surface area contributed by atoms with Gasteiger partial charge in [-0.1, -0.05) is 60.7 Å². The third-order valence-corrected chi connectivity index (χ3v) is 12.8. The molecule has 29 nitrogen and oxygen atoms in total. The molecule has 15 N–H and O–H groups in total. The standard InChI is InChI=1S/2C20H13N3O7S.3C4H11NO2.Co/c2*24-16-8-5-11-3-1-2-4-13(11)19(16)21-22-20-14-7-6-12(23(26)27)9-15(14)18(10-17(20)25)31(28,29)30;3*6-3-1-5-2-4-7;/h2*1-10,24-25H,(H,28,29,30);3*5-7H,1-4H2;/p+3. The summed E-state index contributed by atoms with van der Waals surface area (Å²) in [5, 5.41) is 139. The van der Waals surface area contributed by atoms with Crippen LogP contribution in [0.15, 0.2) is 152 Å². The Morgan fingerprint density at radius 3 is 0.952 bits per heavy atom. The van der Waals surface area contributed by atoms with Crippen LogP contribution in [0, 0.1) is 20.2 Å². The van der Waals surface area contributed by atoms with E-state index in [1.54, 1.807) is 60.7 Å². The fourth-order valence-electron chi connectivity index (χ4n) is 7.31. The van der Waals surface area contributed by atoms with E-state index in [1.807, 2.05) is 0 Å². The minimum absolute atomic E-state index is 0. The minimum atomic E-state index is -4.81. The topological polar surface area (TPSA) is 483 Å². The molecule has 0 saturated carbocycles. The van der Waals surface area contributed by atoms with Crippen LogP contribution in [0.25, 0.3) is 43.1 Å². The van der Waals surface area contributed by atoms with Crippen LogP contribution < -0.4 is 16.0 Å². The average Bonchev–Trinajstić information content (AvgIpc) is 3.13. The van der Waals surface area contributed by atoms with Gasteiger partial charge in [-0.15, -0.1) is 20.5 Å². The molecule has 0 unspecified atom stereocenters. The Labute approximate surface area is 493 Å². The first-order valence-electron chi connectivity index (χ1n) is 24.4. The van der Waals surface area contributed by atoms with E-state index in [4.69, 9.17) is 30.6 Å². The summed E-state index contributed by atoms with van der Waals surface area (Å²) in [6.07, 6.45) is 0. The zero-order chi connectivity index (χ0) is 61.3. The van der Waals surface area contributed by atoms with Gasteiger partial charge in [-0.2, -0.15) is 16.8 Å². The van der Waals surface area contributed by atoms with Crippen molar-refractivity contribution in [3.05, 3.63) is 142 Å². The zero-order valence-electron chi connectivity index (χ0n) is 47.0. The fraction of sp³-hybridized carbons (Fsp3) is 0.231. The molecule has 0 aliphatic rings. The van der Waals surface area contributed by atoms with Crippen molar-refractivity contribution in [3.8, 4) is 23.0 Å². The summed E-state index contributed by atoms with van der Waals surface area (Å²) in [5.41, 5.74) is -0.984. The molecule has 0 aliphatic carbocycles. The number of fused-ring (bicyclic) bond motifs is 4. The van der Waals surface area contributed by atoms with Crippen molar-refractivity contribution < 1.29 is 108 Å². The summed E-state index contributed by atoms with van der Waals surface area (Å²) in [5.74, 6) is -1.59. The summed E-state index contributed by atoms with van der Waals surface area (Å²) in [7, 11) is -9.62. The molecule has 8 rings (SSSR count). The summed E-state index contributed by atoms with van der Waals surface area (Å²) in [6.45, 7) is 4.25. The molecule has 0 spiro atoms. The van der Waals surface area contributed by atoms with Crippen LogP contribution in [0.3, 0.4) is 0 Å². The van der Waals surface area contributed by atoms with E-state index in [0.29, 0.717) is 50.0 Å². The Morgan fingerprint density at radius 1 is 0.393 bits per heavy atom. The van der Waals surface area contributed by atoms with Gasteiger partial charge in [0.1, 0.15) is 55.5 Å². The van der Waals surface area contributed by atoms with Crippen molar-refractivity contribution in [1.82, 2.24) is 16.0 Å². The number of hydrogen-bond acceptors (Lipinski definition) is 25. The number of aliphatic hydroxyl groups is 6. The summed E-state index contributed by atoms with van der Waals surface area (Å²) in [6, 6.07) is 28.3. The second kappa shape index (κ2) is 34.5. The van der Waals surface area contributed by atoms with Crippen LogP contribution in [-0.4, -0.2) is 166 Å². The Balaban J connectivity index is 0.00000124. The molecule has 0 fully saturated rings. The fourth-order valence-corrected chi connectivity index (χ4v) is 8.73. The molecular weight excluding hydrogens is 1190 g/mol. The van der Waals surface area contributed by atoms with Crippen molar-refractivity contribution >= 4 is 97.5 Å². The van der Waals surface area contributed by atoms with Gasteiger partial charge in [0.2, 0.25) is 0 Å². The van der Waals surface area contributed by atoms with Crippen LogP contribution in [-0.2, 0) is 37.0 Å². The molecule has 1 radical (unpaired) electrons. The van der Waals surface area contributed by atoms with Crippen molar-refractivity contribution in [3.63, 3.8) is 0 Å². The third-order valence-electron chi connectivity index (χ3n) is 11.0. The van der Waals surface area contributed by atoms with E-state index in [2.05, 4.69) is 36.4 Å². The van der Waals surface area contributed by atoms with Gasteiger partial charge in [-0.05, 0) is 35.0 Å². The number of phenols is 4. The number of nitrogens with zero attached hydrogens (tertiary/aromatic N) is 6. The number of nitro groups is 2. The van der Waals surface area contributed by atoms with E-state index in [9.17, 15) is 66.6 Å². The Hall–Kier alpha value is -8.03. The van der Waals surface area contributed by atoms with Gasteiger partial charge in [-0.3, -0.25) is 29.3 Å². The smallest absolute Gasteiger partial charge is 0.506 e. The van der Waals surface area contributed by atoms with Gasteiger partial charge in [0, 0.05) is 125 Å². The second-order valence-electron chi connectivity index (χ2n) is 16.7. The molecule has 0 aromatic heterocycles. The molecule has 0 atom stereocenters. The van der Waals surface area contributed by atoms with Gasteiger partial charge in [0.05, 0.1) is 49.5 Å². The number of rotatable bonds is 20. The van der Waals surface area contributed by atoms with Crippen LogP contribution in [0.5, 0.6) is 23.0 Å². The predicted octanol–water partition coefficient (Wildman–Crippen LogP) is 5.97. The maximum atomic E-state index is 11.7. The predicted molar refractivity (Wildman–Crippen MR) is 308 cm³/mol. The SMILES string of the molecule is O=[N+]([O-])c1ccc2c(N=Nc3c(O)ccc4ccccc34)c(O)cc(S(=O)(=O)O)c2c1.O=[N+]([O-])c1ccc2c(N=Nc3c(O)ccc4ccccc34)c(O)cc(S(=O)(=O)O)c2c1.OCCNCCO.OCCNCCO.OCCNCCO.[Co].[H+].[H+].[H+]. The molecule has 32 heteroatoms. The van der Waals surface area contributed by atoms with Gasteiger partial charge in [-0.25, -0.2) is 0 Å². The third kappa shape index (κ3) is 20.1. The first kappa shape index (κ1) is 70.2. The van der Waals surface area contributed by atoms with Crippen LogP contribution in [0.1, 0.15) is 4.28 Å². The van der Waals surface area contributed by atoms with Crippen LogP contribution in [0.4, 0.5) is 34.1 Å². The first-order valence-corrected chi connectivity index (χ1v) is 27.3. The number of phenolic OH excluding ortho intramolecular Hbond substituents is 4. The summed E-state index contributed by atoms with van der Waals surface area (Å²) < 4.78 is 66.0. The molecule has 0 saturated heterocycles. The summed E-state index contributed by atoms with van der Waals surface area (Å²) >= 11 is 0.